The molecule has 31 heavy (non-hydrogen) atoms. The van der Waals surface area contributed by atoms with Gasteiger partial charge in [0.2, 0.25) is 0 Å². The largest absolute Gasteiger partial charge is 0.357 e. The highest BCUT2D eigenvalue weighted by Crippen LogP contribution is 2.30. The maximum atomic E-state index is 13.1. The van der Waals surface area contributed by atoms with Gasteiger partial charge in [-0.2, -0.15) is 5.26 Å². The number of anilines is 2. The Morgan fingerprint density at radius 1 is 1.06 bits per heavy atom. The van der Waals surface area contributed by atoms with E-state index in [0.717, 1.165) is 22.4 Å². The number of carbonyl (C=O) groups is 1. The van der Waals surface area contributed by atoms with E-state index in [0.29, 0.717) is 16.9 Å². The molecule has 0 saturated heterocycles. The van der Waals surface area contributed by atoms with Crippen LogP contribution in [0.5, 0.6) is 0 Å². The molecular formula is C26H24N4O. The number of nitriles is 1. The van der Waals surface area contributed by atoms with Crippen molar-refractivity contribution in [3.63, 3.8) is 0 Å². The zero-order chi connectivity index (χ0) is 22.5. The molecule has 0 saturated carbocycles. The number of benzene rings is 2. The minimum absolute atomic E-state index is 0.122. The van der Waals surface area contributed by atoms with Crippen LogP contribution in [0.15, 0.2) is 60.8 Å². The molecule has 0 N–H and O–H groups in total. The van der Waals surface area contributed by atoms with Gasteiger partial charge < -0.3 is 4.90 Å². The number of rotatable bonds is 5. The number of hydrogen-bond acceptors (Lipinski definition) is 4. The number of pyridine rings is 1. The Labute approximate surface area is 183 Å². The zero-order valence-corrected chi connectivity index (χ0v) is 18.1. The van der Waals surface area contributed by atoms with Crippen molar-refractivity contribution in [2.45, 2.75) is 19.9 Å². The highest BCUT2D eigenvalue weighted by molar-refractivity contribution is 6.06. The van der Waals surface area contributed by atoms with Crippen LogP contribution in [0.3, 0.4) is 0 Å². The van der Waals surface area contributed by atoms with Gasteiger partial charge in [-0.3, -0.25) is 9.69 Å². The summed E-state index contributed by atoms with van der Waals surface area (Å²) in [6.45, 7) is 3.88. The summed E-state index contributed by atoms with van der Waals surface area (Å²) in [5, 5.41) is 9.02. The van der Waals surface area contributed by atoms with Crippen LogP contribution in [0.4, 0.5) is 11.5 Å². The molecule has 1 heterocycles. The summed E-state index contributed by atoms with van der Waals surface area (Å²) in [5.41, 5.74) is 4.87. The van der Waals surface area contributed by atoms with Crippen molar-refractivity contribution in [2.24, 2.45) is 0 Å². The highest BCUT2D eigenvalue weighted by atomic mass is 16.2. The van der Waals surface area contributed by atoms with E-state index in [1.165, 1.54) is 0 Å². The number of amides is 1. The molecule has 5 heteroatoms. The van der Waals surface area contributed by atoms with Gasteiger partial charge in [-0.25, -0.2) is 4.98 Å². The molecule has 2 aromatic carbocycles. The minimum atomic E-state index is -0.315. The van der Waals surface area contributed by atoms with Gasteiger partial charge in [-0.05, 0) is 73.0 Å². The number of aromatic nitrogens is 1. The molecule has 1 unspecified atom stereocenters. The highest BCUT2D eigenvalue weighted by Gasteiger charge is 2.22. The number of hydrogen-bond donors (Lipinski definition) is 0. The Bertz CT molecular complexity index is 1170. The summed E-state index contributed by atoms with van der Waals surface area (Å²) in [7, 11) is 3.64. The average molecular weight is 409 g/mol. The standard InChI is InChI=1S/C26H24N4O/c1-6-24(29(4)21-12-10-20(17-27)11-13-21)22-15-19(3)23(16-18(22)2)26(31)30(5)25-9-7-8-14-28-25/h1,7-16,24H,2-5H3. The normalized spacial score (nSPS) is 11.2. The molecule has 0 spiro atoms. The van der Waals surface area contributed by atoms with Crippen LogP contribution in [-0.4, -0.2) is 25.0 Å². The third-order valence-corrected chi connectivity index (χ3v) is 5.38. The second kappa shape index (κ2) is 9.15. The summed E-state index contributed by atoms with van der Waals surface area (Å²) in [6, 6.07) is 18.5. The number of aryl methyl sites for hydroxylation is 2. The lowest BCUT2D eigenvalue weighted by Crippen LogP contribution is -2.28. The monoisotopic (exact) mass is 408 g/mol. The van der Waals surface area contributed by atoms with Crippen molar-refractivity contribution in [3.8, 4) is 18.4 Å². The summed E-state index contributed by atoms with van der Waals surface area (Å²) in [6.07, 6.45) is 7.58. The van der Waals surface area contributed by atoms with E-state index in [2.05, 4.69) is 17.0 Å². The molecular weight excluding hydrogens is 384 g/mol. The van der Waals surface area contributed by atoms with Gasteiger partial charge in [-0.15, -0.1) is 6.42 Å². The Morgan fingerprint density at radius 2 is 1.77 bits per heavy atom. The van der Waals surface area contributed by atoms with E-state index in [9.17, 15) is 4.79 Å². The van der Waals surface area contributed by atoms with E-state index in [-0.39, 0.29) is 11.9 Å². The lowest BCUT2D eigenvalue weighted by Gasteiger charge is -2.28. The van der Waals surface area contributed by atoms with E-state index in [4.69, 9.17) is 11.7 Å². The average Bonchev–Trinajstić information content (AvgIpc) is 2.81. The molecule has 0 fully saturated rings. The first-order chi connectivity index (χ1) is 14.9. The van der Waals surface area contributed by atoms with Gasteiger partial charge in [0.15, 0.2) is 0 Å². The first kappa shape index (κ1) is 21.6. The molecule has 0 bridgehead atoms. The van der Waals surface area contributed by atoms with Crippen LogP contribution in [-0.2, 0) is 0 Å². The number of terminal acetylenes is 1. The van der Waals surface area contributed by atoms with Gasteiger partial charge in [-0.1, -0.05) is 18.1 Å². The summed E-state index contributed by atoms with van der Waals surface area (Å²) in [4.78, 5) is 20.9. The van der Waals surface area contributed by atoms with Crippen LogP contribution < -0.4 is 9.80 Å². The summed E-state index contributed by atoms with van der Waals surface area (Å²) >= 11 is 0. The maximum absolute atomic E-state index is 13.1. The van der Waals surface area contributed by atoms with Crippen LogP contribution in [0.2, 0.25) is 0 Å². The molecule has 1 atom stereocenters. The third-order valence-electron chi connectivity index (χ3n) is 5.38. The van der Waals surface area contributed by atoms with Gasteiger partial charge in [0.25, 0.3) is 5.91 Å². The van der Waals surface area contributed by atoms with Crippen molar-refractivity contribution >= 4 is 17.4 Å². The fourth-order valence-electron chi connectivity index (χ4n) is 3.53. The Balaban J connectivity index is 1.93. The minimum Gasteiger partial charge on any atom is -0.357 e. The van der Waals surface area contributed by atoms with Gasteiger partial charge in [0.05, 0.1) is 11.6 Å². The topological polar surface area (TPSA) is 60.2 Å². The van der Waals surface area contributed by atoms with E-state index in [1.54, 1.807) is 36.3 Å². The Hall–Kier alpha value is -4.09. The fraction of sp³-hybridized carbons (Fsp3) is 0.192. The predicted octanol–water partition coefficient (Wildman–Crippen LogP) is 4.66. The molecule has 0 aliphatic heterocycles. The third kappa shape index (κ3) is 4.42. The molecule has 1 aromatic heterocycles. The van der Waals surface area contributed by atoms with Crippen LogP contribution >= 0.6 is 0 Å². The smallest absolute Gasteiger partial charge is 0.259 e. The van der Waals surface area contributed by atoms with Gasteiger partial charge in [0.1, 0.15) is 11.9 Å². The van der Waals surface area contributed by atoms with Crippen molar-refractivity contribution in [3.05, 3.63) is 88.6 Å². The SMILES string of the molecule is C#CC(c1cc(C)c(C(=O)N(C)c2ccccn2)cc1C)N(C)c1ccc(C#N)cc1. The first-order valence-electron chi connectivity index (χ1n) is 9.86. The van der Waals surface area contributed by atoms with Gasteiger partial charge in [0, 0.05) is 31.5 Å². The van der Waals surface area contributed by atoms with E-state index >= 15 is 0 Å². The number of nitrogens with zero attached hydrogens (tertiary/aromatic N) is 4. The molecule has 0 aliphatic carbocycles. The van der Waals surface area contributed by atoms with Crippen molar-refractivity contribution in [2.75, 3.05) is 23.9 Å². The number of carbonyl (C=O) groups excluding carboxylic acids is 1. The van der Waals surface area contributed by atoms with E-state index < -0.39 is 0 Å². The van der Waals surface area contributed by atoms with Crippen molar-refractivity contribution in [1.82, 2.24) is 4.98 Å². The zero-order valence-electron chi connectivity index (χ0n) is 18.1. The maximum Gasteiger partial charge on any atom is 0.259 e. The van der Waals surface area contributed by atoms with Crippen LogP contribution in [0, 0.1) is 37.5 Å². The van der Waals surface area contributed by atoms with Gasteiger partial charge >= 0.3 is 0 Å². The molecule has 154 valence electrons. The second-order valence-corrected chi connectivity index (χ2v) is 7.41. The van der Waals surface area contributed by atoms with Crippen LogP contribution in [0.1, 0.15) is 38.7 Å². The van der Waals surface area contributed by atoms with E-state index in [1.807, 2.05) is 62.2 Å². The Morgan fingerprint density at radius 3 is 2.35 bits per heavy atom. The van der Waals surface area contributed by atoms with Crippen LogP contribution in [0.25, 0.3) is 0 Å². The molecule has 5 nitrogen and oxygen atoms in total. The van der Waals surface area contributed by atoms with Crippen molar-refractivity contribution in [1.29, 1.82) is 5.26 Å². The second-order valence-electron chi connectivity index (χ2n) is 7.41. The molecule has 3 aromatic rings. The molecule has 0 radical (unpaired) electrons. The lowest BCUT2D eigenvalue weighted by atomic mass is 9.94. The summed E-state index contributed by atoms with van der Waals surface area (Å²) in [5.74, 6) is 3.34. The molecule has 3 rings (SSSR count). The molecule has 0 aliphatic rings. The predicted molar refractivity (Wildman–Crippen MR) is 124 cm³/mol. The quantitative estimate of drug-likeness (QED) is 0.576. The summed E-state index contributed by atoms with van der Waals surface area (Å²) < 4.78 is 0. The first-order valence-corrected chi connectivity index (χ1v) is 9.86. The Kier molecular flexibility index (Phi) is 6.38. The van der Waals surface area contributed by atoms with Crippen molar-refractivity contribution < 1.29 is 4.79 Å². The fourth-order valence-corrected chi connectivity index (χ4v) is 3.53. The molecule has 1 amide bonds. The lowest BCUT2D eigenvalue weighted by molar-refractivity contribution is 0.0991.